The van der Waals surface area contributed by atoms with Crippen LogP contribution in [0.4, 0.5) is 0 Å². The number of carbonyl (C=O) groups excluding carboxylic acids is 1. The van der Waals surface area contributed by atoms with E-state index in [2.05, 4.69) is 19.1 Å². The van der Waals surface area contributed by atoms with Crippen LogP contribution < -0.4 is 5.73 Å². The zero-order valence-corrected chi connectivity index (χ0v) is 22.9. The molecule has 0 aliphatic heterocycles. The average molecular weight is 523 g/mol. The molecular formula is C31H39ClN2O3. The molecule has 37 heavy (non-hydrogen) atoms. The summed E-state index contributed by atoms with van der Waals surface area (Å²) < 4.78 is 5.23. The number of unbranched alkanes of at least 4 members (excludes halogenated alkanes) is 1. The van der Waals surface area contributed by atoms with E-state index in [1.165, 1.54) is 5.56 Å². The third kappa shape index (κ3) is 7.42. The lowest BCUT2D eigenvalue weighted by Gasteiger charge is -2.33. The Hall–Kier alpha value is -2.70. The topological polar surface area (TPSA) is 75.8 Å². The van der Waals surface area contributed by atoms with Gasteiger partial charge >= 0.3 is 0 Å². The van der Waals surface area contributed by atoms with Gasteiger partial charge in [-0.05, 0) is 72.6 Å². The van der Waals surface area contributed by atoms with Crippen molar-refractivity contribution in [2.75, 3.05) is 27.3 Å². The highest BCUT2D eigenvalue weighted by Crippen LogP contribution is 2.41. The largest absolute Gasteiger partial charge is 0.385 e. The van der Waals surface area contributed by atoms with Gasteiger partial charge in [0.2, 0.25) is 0 Å². The van der Waals surface area contributed by atoms with Crippen LogP contribution in [0, 0.1) is 0 Å². The van der Waals surface area contributed by atoms with E-state index in [1.54, 1.807) is 31.2 Å². The molecule has 198 valence electrons. The predicted octanol–water partition coefficient (Wildman–Crippen LogP) is 6.19. The zero-order chi connectivity index (χ0) is 26.8. The molecule has 0 fully saturated rings. The first-order chi connectivity index (χ1) is 17.8. The van der Waals surface area contributed by atoms with Crippen LogP contribution in [-0.2, 0) is 23.3 Å². The zero-order valence-electron chi connectivity index (χ0n) is 22.2. The van der Waals surface area contributed by atoms with E-state index >= 15 is 0 Å². The number of carbonyl (C=O) groups is 1. The number of nitrogens with zero attached hydrogens (tertiary/aromatic N) is 1. The predicted molar refractivity (Wildman–Crippen MR) is 152 cm³/mol. The Morgan fingerprint density at radius 3 is 2.43 bits per heavy atom. The molecule has 0 saturated carbocycles. The summed E-state index contributed by atoms with van der Waals surface area (Å²) in [5, 5.41) is 12.8. The van der Waals surface area contributed by atoms with Gasteiger partial charge in [-0.25, -0.2) is 0 Å². The van der Waals surface area contributed by atoms with E-state index in [9.17, 15) is 9.90 Å². The highest BCUT2D eigenvalue weighted by atomic mass is 35.5. The number of amides is 1. The van der Waals surface area contributed by atoms with Gasteiger partial charge in [-0.3, -0.25) is 4.79 Å². The minimum Gasteiger partial charge on any atom is -0.385 e. The molecular weight excluding hydrogens is 484 g/mol. The van der Waals surface area contributed by atoms with E-state index in [-0.39, 0.29) is 5.91 Å². The van der Waals surface area contributed by atoms with Crippen LogP contribution >= 0.6 is 11.6 Å². The van der Waals surface area contributed by atoms with Gasteiger partial charge in [-0.1, -0.05) is 67.1 Å². The molecule has 1 atom stereocenters. The third-order valence-corrected chi connectivity index (χ3v) is 7.29. The number of halogens is 1. The van der Waals surface area contributed by atoms with E-state index in [1.807, 2.05) is 42.5 Å². The molecule has 1 unspecified atom stereocenters. The molecule has 0 radical (unpaired) electrons. The summed E-state index contributed by atoms with van der Waals surface area (Å²) in [4.78, 5) is 14.8. The minimum atomic E-state index is -1.17. The van der Waals surface area contributed by atoms with Gasteiger partial charge in [0.15, 0.2) is 0 Å². The summed E-state index contributed by atoms with van der Waals surface area (Å²) >= 11 is 6.76. The van der Waals surface area contributed by atoms with Crippen molar-refractivity contribution in [2.45, 2.75) is 51.2 Å². The van der Waals surface area contributed by atoms with Crippen molar-refractivity contribution in [1.82, 2.24) is 4.90 Å². The number of ether oxygens (including phenoxy) is 1. The molecule has 0 aliphatic rings. The summed E-state index contributed by atoms with van der Waals surface area (Å²) in [5.74, 6) is -0.0905. The van der Waals surface area contributed by atoms with Crippen molar-refractivity contribution in [2.24, 2.45) is 5.73 Å². The molecule has 0 heterocycles. The quantitative estimate of drug-likeness (QED) is 0.262. The Labute approximate surface area is 226 Å². The maximum absolute atomic E-state index is 13.1. The van der Waals surface area contributed by atoms with Gasteiger partial charge in [0.1, 0.15) is 0 Å². The van der Waals surface area contributed by atoms with Crippen molar-refractivity contribution in [1.29, 1.82) is 0 Å². The van der Waals surface area contributed by atoms with Crippen LogP contribution in [0.1, 0.15) is 59.7 Å². The highest BCUT2D eigenvalue weighted by Gasteiger charge is 2.33. The van der Waals surface area contributed by atoms with Crippen LogP contribution in [0.5, 0.6) is 0 Å². The molecule has 3 aromatic rings. The lowest BCUT2D eigenvalue weighted by molar-refractivity contribution is 0.00804. The molecule has 0 aliphatic carbocycles. The van der Waals surface area contributed by atoms with E-state index < -0.39 is 5.60 Å². The average Bonchev–Trinajstić information content (AvgIpc) is 2.93. The van der Waals surface area contributed by atoms with Crippen LogP contribution in [-0.4, -0.2) is 43.2 Å². The summed E-state index contributed by atoms with van der Waals surface area (Å²) in [6.45, 7) is 3.58. The Kier molecular flexibility index (Phi) is 10.7. The number of methoxy groups -OCH3 is 1. The van der Waals surface area contributed by atoms with Gasteiger partial charge in [0.25, 0.3) is 5.91 Å². The molecule has 5 nitrogen and oxygen atoms in total. The maximum Gasteiger partial charge on any atom is 0.253 e. The Morgan fingerprint density at radius 2 is 1.76 bits per heavy atom. The van der Waals surface area contributed by atoms with Crippen molar-refractivity contribution in [3.05, 3.63) is 94.0 Å². The minimum absolute atomic E-state index is 0.0905. The SMILES string of the molecule is CCc1cccc(-c2c(Cl)cccc2C(O)(CCCCOC)CCN(C)C(=O)c2ccc(CN)cc2)c1. The second-order valence-corrected chi connectivity index (χ2v) is 9.98. The molecule has 0 aromatic heterocycles. The van der Waals surface area contributed by atoms with Gasteiger partial charge in [-0.15, -0.1) is 0 Å². The number of nitrogens with two attached hydrogens (primary N) is 1. The fourth-order valence-electron chi connectivity index (χ4n) is 4.67. The van der Waals surface area contributed by atoms with Gasteiger partial charge in [0, 0.05) is 50.0 Å². The van der Waals surface area contributed by atoms with Crippen LogP contribution in [0.2, 0.25) is 5.02 Å². The van der Waals surface area contributed by atoms with Crippen LogP contribution in [0.15, 0.2) is 66.7 Å². The monoisotopic (exact) mass is 522 g/mol. The second-order valence-electron chi connectivity index (χ2n) is 9.58. The number of aliphatic hydroxyl groups is 1. The molecule has 0 spiro atoms. The van der Waals surface area contributed by atoms with Gasteiger partial charge < -0.3 is 20.5 Å². The summed E-state index contributed by atoms with van der Waals surface area (Å²) in [6.07, 6.45) is 3.44. The number of aryl methyl sites for hydroxylation is 1. The number of hydrogen-bond acceptors (Lipinski definition) is 4. The standard InChI is InChI=1S/C31H39ClN2O3/c1-4-23-9-7-10-26(21-23)29-27(11-8-12-28(29)32)31(36,17-5-6-20-37-3)18-19-34(2)30(35)25-15-13-24(22-33)14-16-25/h7-16,21,36H,4-6,17-20,22,33H2,1-3H3. The number of benzene rings is 3. The molecule has 6 heteroatoms. The van der Waals surface area contributed by atoms with Crippen molar-refractivity contribution in [3.63, 3.8) is 0 Å². The highest BCUT2D eigenvalue weighted by molar-refractivity contribution is 6.33. The van der Waals surface area contributed by atoms with Crippen molar-refractivity contribution >= 4 is 17.5 Å². The second kappa shape index (κ2) is 13.7. The lowest BCUT2D eigenvalue weighted by Crippen LogP contribution is -2.35. The Morgan fingerprint density at radius 1 is 1.03 bits per heavy atom. The molecule has 3 rings (SSSR count). The molecule has 3 aromatic carbocycles. The lowest BCUT2D eigenvalue weighted by atomic mass is 9.81. The molecule has 0 bridgehead atoms. The molecule has 1 amide bonds. The van der Waals surface area contributed by atoms with Crippen LogP contribution in [0.3, 0.4) is 0 Å². The smallest absolute Gasteiger partial charge is 0.253 e. The number of rotatable bonds is 13. The fraction of sp³-hybridized carbons (Fsp3) is 0.387. The first kappa shape index (κ1) is 28.9. The molecule has 3 N–H and O–H groups in total. The third-order valence-electron chi connectivity index (χ3n) is 6.97. The van der Waals surface area contributed by atoms with Gasteiger partial charge in [-0.2, -0.15) is 0 Å². The summed E-state index contributed by atoms with van der Waals surface area (Å²) in [7, 11) is 3.46. The fourth-order valence-corrected chi connectivity index (χ4v) is 4.95. The number of hydrogen-bond donors (Lipinski definition) is 2. The molecule has 0 saturated heterocycles. The van der Waals surface area contributed by atoms with E-state index in [0.717, 1.165) is 41.5 Å². The van der Waals surface area contributed by atoms with Crippen molar-refractivity contribution in [3.8, 4) is 11.1 Å². The van der Waals surface area contributed by atoms with Crippen LogP contribution in [0.25, 0.3) is 11.1 Å². The Bertz CT molecular complexity index is 1170. The summed E-state index contributed by atoms with van der Waals surface area (Å²) in [6, 6.07) is 21.4. The van der Waals surface area contributed by atoms with E-state index in [4.69, 9.17) is 22.1 Å². The normalized spacial score (nSPS) is 12.8. The van der Waals surface area contributed by atoms with E-state index in [0.29, 0.717) is 43.1 Å². The maximum atomic E-state index is 13.1. The summed E-state index contributed by atoms with van der Waals surface area (Å²) in [5.41, 5.74) is 9.92. The first-order valence-electron chi connectivity index (χ1n) is 13.0. The van der Waals surface area contributed by atoms with Gasteiger partial charge in [0.05, 0.1) is 5.60 Å². The van der Waals surface area contributed by atoms with Crippen molar-refractivity contribution < 1.29 is 14.6 Å². The Balaban J connectivity index is 1.91. The first-order valence-corrected chi connectivity index (χ1v) is 13.3.